The third-order valence-corrected chi connectivity index (χ3v) is 4.81. The number of carbonyl (C=O) groups is 3. The van der Waals surface area contributed by atoms with Gasteiger partial charge in [0.25, 0.3) is 0 Å². The van der Waals surface area contributed by atoms with Gasteiger partial charge in [0.1, 0.15) is 18.0 Å². The van der Waals surface area contributed by atoms with Gasteiger partial charge in [0.05, 0.1) is 31.6 Å². The first kappa shape index (κ1) is 18.9. The number of carbonyl (C=O) groups excluding carboxylic acids is 3. The largest absolute Gasteiger partial charge is 0.467 e. The highest BCUT2D eigenvalue weighted by molar-refractivity contribution is 5.90. The Morgan fingerprint density at radius 1 is 1.37 bits per heavy atom. The number of halogens is 1. The Hall–Kier alpha value is -2.84. The van der Waals surface area contributed by atoms with Crippen molar-refractivity contribution in [1.29, 1.82) is 0 Å². The molecule has 0 spiro atoms. The van der Waals surface area contributed by atoms with Crippen LogP contribution >= 0.6 is 0 Å². The molecule has 1 N–H and O–H groups in total. The molecule has 3 atom stereocenters. The summed E-state index contributed by atoms with van der Waals surface area (Å²) in [6, 6.07) is 3.88. The van der Waals surface area contributed by atoms with Gasteiger partial charge < -0.3 is 19.7 Å². The second kappa shape index (κ2) is 7.42. The van der Waals surface area contributed by atoms with E-state index in [1.165, 1.54) is 25.0 Å². The van der Waals surface area contributed by atoms with Crippen molar-refractivity contribution in [3.63, 3.8) is 0 Å². The second-order valence-corrected chi connectivity index (χ2v) is 6.79. The molecule has 2 fully saturated rings. The Kier molecular flexibility index (Phi) is 5.20. The van der Waals surface area contributed by atoms with Crippen molar-refractivity contribution in [2.45, 2.75) is 26.0 Å². The maximum absolute atomic E-state index is 14.7. The Bertz CT molecular complexity index is 771. The smallest absolute Gasteiger partial charge is 0.414 e. The average molecular weight is 379 g/mol. The minimum atomic E-state index is -0.595. The van der Waals surface area contributed by atoms with Crippen LogP contribution in [-0.4, -0.2) is 56.9 Å². The summed E-state index contributed by atoms with van der Waals surface area (Å²) in [5, 5.41) is 2.59. The highest BCUT2D eigenvalue weighted by atomic mass is 19.1. The molecule has 0 aromatic heterocycles. The predicted molar refractivity (Wildman–Crippen MR) is 95.0 cm³/mol. The van der Waals surface area contributed by atoms with Crippen LogP contribution in [0.25, 0.3) is 0 Å². The lowest BCUT2D eigenvalue weighted by atomic mass is 9.89. The number of nitrogens with zero attached hydrogens (tertiary/aromatic N) is 2. The summed E-state index contributed by atoms with van der Waals surface area (Å²) in [7, 11) is 1.31. The lowest BCUT2D eigenvalue weighted by Gasteiger charge is -2.46. The predicted octanol–water partition coefficient (Wildman–Crippen LogP) is 1.28. The molecule has 0 saturated carbocycles. The van der Waals surface area contributed by atoms with Crippen LogP contribution in [0.15, 0.2) is 18.2 Å². The van der Waals surface area contributed by atoms with Crippen molar-refractivity contribution in [1.82, 2.24) is 5.32 Å². The zero-order chi connectivity index (χ0) is 19.7. The third kappa shape index (κ3) is 3.67. The van der Waals surface area contributed by atoms with E-state index in [0.29, 0.717) is 12.2 Å². The minimum absolute atomic E-state index is 0.0691. The van der Waals surface area contributed by atoms with Crippen LogP contribution in [0.4, 0.5) is 20.6 Å². The number of rotatable bonds is 5. The van der Waals surface area contributed by atoms with Crippen molar-refractivity contribution in [2.24, 2.45) is 5.92 Å². The number of hydrogen-bond donors (Lipinski definition) is 1. The van der Waals surface area contributed by atoms with Gasteiger partial charge in [-0.1, -0.05) is 6.92 Å². The quantitative estimate of drug-likeness (QED) is 0.776. The van der Waals surface area contributed by atoms with Gasteiger partial charge in [-0.25, -0.2) is 14.0 Å². The van der Waals surface area contributed by atoms with E-state index in [1.807, 2.05) is 6.92 Å². The van der Waals surface area contributed by atoms with Crippen LogP contribution in [0.5, 0.6) is 0 Å². The molecule has 2 amide bonds. The summed E-state index contributed by atoms with van der Waals surface area (Å²) < 4.78 is 24.7. The van der Waals surface area contributed by atoms with Crippen molar-refractivity contribution in [2.75, 3.05) is 36.5 Å². The number of hydrogen-bond acceptors (Lipinski definition) is 6. The van der Waals surface area contributed by atoms with Crippen molar-refractivity contribution in [3.05, 3.63) is 24.0 Å². The number of nitrogens with one attached hydrogen (secondary N) is 1. The summed E-state index contributed by atoms with van der Waals surface area (Å²) >= 11 is 0. The highest BCUT2D eigenvalue weighted by Gasteiger charge is 2.43. The first-order valence-corrected chi connectivity index (χ1v) is 8.68. The molecule has 9 heteroatoms. The third-order valence-electron chi connectivity index (χ3n) is 4.81. The van der Waals surface area contributed by atoms with Gasteiger partial charge in [-0.05, 0) is 18.2 Å². The molecule has 0 radical (unpaired) electrons. The molecule has 2 saturated heterocycles. The Morgan fingerprint density at radius 2 is 2.11 bits per heavy atom. The van der Waals surface area contributed by atoms with Crippen LogP contribution in [0, 0.1) is 11.7 Å². The van der Waals surface area contributed by atoms with Crippen LogP contribution in [0.1, 0.15) is 13.8 Å². The molecule has 3 rings (SSSR count). The van der Waals surface area contributed by atoms with E-state index >= 15 is 0 Å². The fourth-order valence-electron chi connectivity index (χ4n) is 3.41. The summed E-state index contributed by atoms with van der Waals surface area (Å²) in [6.45, 7) is 4.23. The topological polar surface area (TPSA) is 88.2 Å². The van der Waals surface area contributed by atoms with E-state index in [-0.39, 0.29) is 30.6 Å². The Balaban J connectivity index is 1.73. The molecular formula is C18H22FN3O5. The second-order valence-electron chi connectivity index (χ2n) is 6.79. The van der Waals surface area contributed by atoms with Gasteiger partial charge in [-0.15, -0.1) is 0 Å². The first-order chi connectivity index (χ1) is 12.8. The van der Waals surface area contributed by atoms with Crippen molar-refractivity contribution < 1.29 is 28.2 Å². The molecular weight excluding hydrogens is 357 g/mol. The number of cyclic esters (lactones) is 1. The number of ether oxygens (including phenoxy) is 2. The maximum Gasteiger partial charge on any atom is 0.414 e. The maximum atomic E-state index is 14.7. The molecule has 1 aromatic carbocycles. The molecule has 0 bridgehead atoms. The zero-order valence-electron chi connectivity index (χ0n) is 15.4. The van der Waals surface area contributed by atoms with Crippen molar-refractivity contribution in [3.8, 4) is 0 Å². The average Bonchev–Trinajstić information content (AvgIpc) is 2.98. The number of benzene rings is 1. The van der Waals surface area contributed by atoms with Gasteiger partial charge in [-0.3, -0.25) is 9.69 Å². The normalized spacial score (nSPS) is 24.3. The number of esters is 1. The molecule has 1 aromatic rings. The summed E-state index contributed by atoms with van der Waals surface area (Å²) in [5.41, 5.74) is 0.643. The van der Waals surface area contributed by atoms with Gasteiger partial charge in [0.15, 0.2) is 0 Å². The Morgan fingerprint density at radius 3 is 2.70 bits per heavy atom. The van der Waals surface area contributed by atoms with Gasteiger partial charge in [0.2, 0.25) is 5.91 Å². The minimum Gasteiger partial charge on any atom is -0.467 e. The monoisotopic (exact) mass is 379 g/mol. The van der Waals surface area contributed by atoms with E-state index < -0.39 is 30.0 Å². The van der Waals surface area contributed by atoms with Gasteiger partial charge >= 0.3 is 12.1 Å². The Labute approximate surface area is 156 Å². The summed E-state index contributed by atoms with van der Waals surface area (Å²) in [5.74, 6) is -1.09. The standard InChI is InChI=1S/C18H22FN3O5/c1-10-8-22(16(10)17(24)26-3)15-5-4-12(6-14(15)19)21-9-13(27-18(21)25)7-20-11(2)23/h4-6,10,13,16H,7-9H2,1-3H3,(H,20,23)/t10-,13-,16-/m0/s1. The molecule has 0 unspecified atom stereocenters. The lowest BCUT2D eigenvalue weighted by Crippen LogP contribution is -2.60. The fourth-order valence-corrected chi connectivity index (χ4v) is 3.41. The molecule has 2 heterocycles. The SMILES string of the molecule is COC(=O)[C@@H]1[C@@H](C)CN1c1ccc(N2C[C@H](CNC(C)=O)OC2=O)cc1F. The van der Waals surface area contributed by atoms with E-state index in [4.69, 9.17) is 9.47 Å². The molecule has 27 heavy (non-hydrogen) atoms. The lowest BCUT2D eigenvalue weighted by molar-refractivity contribution is -0.145. The summed E-state index contributed by atoms with van der Waals surface area (Å²) in [6.07, 6.45) is -1.09. The van der Waals surface area contributed by atoms with Crippen LogP contribution in [0.2, 0.25) is 0 Å². The molecule has 0 aliphatic carbocycles. The van der Waals surface area contributed by atoms with E-state index in [9.17, 15) is 18.8 Å². The van der Waals surface area contributed by atoms with Crippen molar-refractivity contribution >= 4 is 29.3 Å². The van der Waals surface area contributed by atoms with Gasteiger partial charge in [0, 0.05) is 19.4 Å². The summed E-state index contributed by atoms with van der Waals surface area (Å²) in [4.78, 5) is 37.9. The van der Waals surface area contributed by atoms with Crippen LogP contribution < -0.4 is 15.1 Å². The zero-order valence-corrected chi connectivity index (χ0v) is 15.4. The molecule has 8 nitrogen and oxygen atoms in total. The van der Waals surface area contributed by atoms with E-state index in [0.717, 1.165) is 0 Å². The van der Waals surface area contributed by atoms with E-state index in [2.05, 4.69) is 5.32 Å². The first-order valence-electron chi connectivity index (χ1n) is 8.68. The molecule has 2 aliphatic heterocycles. The molecule has 2 aliphatic rings. The number of anilines is 2. The molecule has 146 valence electrons. The fraction of sp³-hybridized carbons (Fsp3) is 0.500. The van der Waals surface area contributed by atoms with Crippen LogP contribution in [-0.2, 0) is 19.1 Å². The highest BCUT2D eigenvalue weighted by Crippen LogP contribution is 2.35. The number of amides is 2. The van der Waals surface area contributed by atoms with Gasteiger partial charge in [-0.2, -0.15) is 0 Å². The number of methoxy groups -OCH3 is 1. The van der Waals surface area contributed by atoms with Crippen LogP contribution in [0.3, 0.4) is 0 Å². The van der Waals surface area contributed by atoms with E-state index in [1.54, 1.807) is 17.0 Å².